The Hall–Kier alpha value is -4.11. The molecule has 1 heterocycles. The third-order valence-corrected chi connectivity index (χ3v) is 5.83. The predicted octanol–water partition coefficient (Wildman–Crippen LogP) is 5.49. The molecule has 3 aromatic carbocycles. The molecule has 0 atom stereocenters. The normalized spacial score (nSPS) is 10.6. The van der Waals surface area contributed by atoms with Gasteiger partial charge in [-0.05, 0) is 42.5 Å². The molecule has 4 aromatic rings. The largest absolute Gasteiger partial charge is 0.493 e. The number of nitrogens with one attached hydrogen (secondary N) is 1. The molecule has 8 nitrogen and oxygen atoms in total. The summed E-state index contributed by atoms with van der Waals surface area (Å²) in [5.74, 6) is 0.252. The minimum Gasteiger partial charge on any atom is -0.493 e. The van der Waals surface area contributed by atoms with E-state index in [-0.39, 0.29) is 5.56 Å². The van der Waals surface area contributed by atoms with E-state index in [0.29, 0.717) is 45.1 Å². The lowest BCUT2D eigenvalue weighted by Crippen LogP contribution is -2.21. The highest BCUT2D eigenvalue weighted by molar-refractivity contribution is 9.10. The molecule has 0 aliphatic carbocycles. The number of carbonyl (C=O) groups is 2. The second-order valence-corrected chi connectivity index (χ2v) is 8.54. The number of esters is 1. The van der Waals surface area contributed by atoms with E-state index in [9.17, 15) is 9.59 Å². The topological polar surface area (TPSA) is 96.0 Å². The third-order valence-electron chi connectivity index (χ3n) is 5.34. The van der Waals surface area contributed by atoms with Crippen molar-refractivity contribution in [3.63, 3.8) is 0 Å². The molecule has 36 heavy (non-hydrogen) atoms. The Bertz CT molecular complexity index is 1410. The van der Waals surface area contributed by atoms with E-state index in [2.05, 4.69) is 21.2 Å². The highest BCUT2D eigenvalue weighted by atomic mass is 79.9. The molecular weight excluding hydrogens is 528 g/mol. The zero-order valence-corrected chi connectivity index (χ0v) is 21.4. The molecule has 0 unspecified atom stereocenters. The molecule has 184 valence electrons. The van der Waals surface area contributed by atoms with Crippen molar-refractivity contribution in [1.29, 1.82) is 0 Å². The summed E-state index contributed by atoms with van der Waals surface area (Å²) in [5, 5.41) is 3.30. The number of hydrogen-bond acceptors (Lipinski definition) is 7. The fourth-order valence-electron chi connectivity index (χ4n) is 3.69. The second-order valence-electron chi connectivity index (χ2n) is 7.62. The number of aromatic nitrogens is 1. The molecular formula is C27H23BrN2O6. The molecule has 0 aliphatic heterocycles. The maximum Gasteiger partial charge on any atom is 0.339 e. The Morgan fingerprint density at radius 1 is 0.889 bits per heavy atom. The van der Waals surface area contributed by atoms with Crippen molar-refractivity contribution in [3.8, 4) is 28.5 Å². The van der Waals surface area contributed by atoms with E-state index in [1.54, 1.807) is 54.6 Å². The molecule has 0 radical (unpaired) electrons. The summed E-state index contributed by atoms with van der Waals surface area (Å²) in [4.78, 5) is 30.2. The number of benzene rings is 3. The number of methoxy groups -OCH3 is 3. The van der Waals surface area contributed by atoms with Gasteiger partial charge in [-0.2, -0.15) is 0 Å². The van der Waals surface area contributed by atoms with Crippen molar-refractivity contribution in [1.82, 2.24) is 4.98 Å². The summed E-state index contributed by atoms with van der Waals surface area (Å²) < 4.78 is 22.5. The van der Waals surface area contributed by atoms with Crippen molar-refractivity contribution >= 4 is 44.4 Å². The highest BCUT2D eigenvalue weighted by Gasteiger charge is 2.19. The number of amides is 1. The number of ether oxygens (including phenoxy) is 4. The number of halogens is 1. The fraction of sp³-hybridized carbons (Fsp3) is 0.148. The quantitative estimate of drug-likeness (QED) is 0.290. The number of para-hydroxylation sites is 1. The average Bonchev–Trinajstić information content (AvgIpc) is 2.90. The number of carbonyl (C=O) groups excluding carboxylic acids is 2. The van der Waals surface area contributed by atoms with Crippen LogP contribution in [0.15, 0.2) is 71.2 Å². The second kappa shape index (κ2) is 11.1. The van der Waals surface area contributed by atoms with E-state index < -0.39 is 18.5 Å². The summed E-state index contributed by atoms with van der Waals surface area (Å²) in [6, 6.07) is 19.5. The van der Waals surface area contributed by atoms with E-state index in [1.807, 2.05) is 12.1 Å². The Morgan fingerprint density at radius 3 is 2.28 bits per heavy atom. The number of hydrogen-bond donors (Lipinski definition) is 1. The maximum absolute atomic E-state index is 13.1. The summed E-state index contributed by atoms with van der Waals surface area (Å²) in [7, 11) is 4.57. The van der Waals surface area contributed by atoms with Gasteiger partial charge in [0.05, 0.1) is 38.1 Å². The van der Waals surface area contributed by atoms with Crippen LogP contribution in [-0.2, 0) is 9.53 Å². The van der Waals surface area contributed by atoms with Gasteiger partial charge < -0.3 is 24.3 Å². The number of nitrogens with zero attached hydrogens (tertiary/aromatic N) is 1. The number of rotatable bonds is 8. The van der Waals surface area contributed by atoms with Crippen LogP contribution in [0.4, 0.5) is 5.69 Å². The molecule has 0 aliphatic rings. The van der Waals surface area contributed by atoms with Crippen molar-refractivity contribution < 1.29 is 28.5 Å². The predicted molar refractivity (Wildman–Crippen MR) is 140 cm³/mol. The van der Waals surface area contributed by atoms with Crippen molar-refractivity contribution in [2.45, 2.75) is 0 Å². The maximum atomic E-state index is 13.1. The van der Waals surface area contributed by atoms with E-state index >= 15 is 0 Å². The molecule has 1 N–H and O–H groups in total. The van der Waals surface area contributed by atoms with Crippen LogP contribution < -0.4 is 19.5 Å². The first-order chi connectivity index (χ1) is 17.4. The first-order valence-electron chi connectivity index (χ1n) is 10.9. The van der Waals surface area contributed by atoms with Gasteiger partial charge in [0.1, 0.15) is 0 Å². The monoisotopic (exact) mass is 550 g/mol. The van der Waals surface area contributed by atoms with E-state index in [0.717, 1.165) is 4.47 Å². The fourth-order valence-corrected chi connectivity index (χ4v) is 4.09. The molecule has 1 amide bonds. The summed E-state index contributed by atoms with van der Waals surface area (Å²) in [6.07, 6.45) is 0. The van der Waals surface area contributed by atoms with Gasteiger partial charge in [0.15, 0.2) is 18.1 Å². The van der Waals surface area contributed by atoms with Crippen molar-refractivity contribution in [3.05, 3.63) is 76.8 Å². The first kappa shape index (κ1) is 25.0. The van der Waals surface area contributed by atoms with E-state index in [1.165, 1.54) is 21.3 Å². The Kier molecular flexibility index (Phi) is 7.70. The van der Waals surface area contributed by atoms with Gasteiger partial charge in [0, 0.05) is 21.1 Å². The smallest absolute Gasteiger partial charge is 0.339 e. The Morgan fingerprint density at radius 2 is 1.61 bits per heavy atom. The molecule has 0 fully saturated rings. The van der Waals surface area contributed by atoms with Crippen molar-refractivity contribution in [2.24, 2.45) is 0 Å². The van der Waals surface area contributed by atoms with E-state index in [4.69, 9.17) is 23.9 Å². The highest BCUT2D eigenvalue weighted by Crippen LogP contribution is 2.41. The van der Waals surface area contributed by atoms with Crippen LogP contribution in [-0.4, -0.2) is 44.8 Å². The molecule has 0 saturated heterocycles. The number of pyridine rings is 1. The Labute approximate surface area is 216 Å². The zero-order valence-electron chi connectivity index (χ0n) is 19.8. The van der Waals surface area contributed by atoms with Crippen LogP contribution in [0.3, 0.4) is 0 Å². The third kappa shape index (κ3) is 5.41. The van der Waals surface area contributed by atoms with Gasteiger partial charge in [0.25, 0.3) is 5.91 Å². The number of anilines is 1. The lowest BCUT2D eigenvalue weighted by molar-refractivity contribution is -0.119. The molecule has 0 saturated carbocycles. The van der Waals surface area contributed by atoms with Crippen LogP contribution in [0.2, 0.25) is 0 Å². The molecule has 1 aromatic heterocycles. The van der Waals surface area contributed by atoms with Crippen LogP contribution in [0.5, 0.6) is 17.2 Å². The van der Waals surface area contributed by atoms with Gasteiger partial charge >= 0.3 is 5.97 Å². The van der Waals surface area contributed by atoms with Crippen LogP contribution in [0.25, 0.3) is 22.2 Å². The van der Waals surface area contributed by atoms with Gasteiger partial charge in [-0.15, -0.1) is 0 Å². The van der Waals surface area contributed by atoms with Gasteiger partial charge in [-0.3, -0.25) is 4.79 Å². The minimum atomic E-state index is -0.647. The first-order valence-corrected chi connectivity index (χ1v) is 11.7. The molecule has 9 heteroatoms. The standard InChI is InChI=1S/C27H23BrN2O6/c1-33-23-11-16(12-24(34-2)26(23)35-3)22-14-20(19-9-4-5-10-21(19)30-22)27(32)36-15-25(31)29-18-8-6-7-17(28)13-18/h4-14H,15H2,1-3H3,(H,29,31). The molecule has 0 spiro atoms. The summed E-state index contributed by atoms with van der Waals surface area (Å²) in [5.41, 5.74) is 2.61. The Balaban J connectivity index is 1.65. The van der Waals surface area contributed by atoms with Gasteiger partial charge in [0.2, 0.25) is 5.75 Å². The summed E-state index contributed by atoms with van der Waals surface area (Å²) in [6.45, 7) is -0.443. The number of fused-ring (bicyclic) bond motifs is 1. The summed E-state index contributed by atoms with van der Waals surface area (Å²) >= 11 is 3.35. The van der Waals surface area contributed by atoms with Gasteiger partial charge in [-0.25, -0.2) is 9.78 Å². The SMILES string of the molecule is COc1cc(-c2cc(C(=O)OCC(=O)Nc3cccc(Br)c3)c3ccccc3n2)cc(OC)c1OC. The average molecular weight is 551 g/mol. The zero-order chi connectivity index (χ0) is 25.7. The van der Waals surface area contributed by atoms with Crippen LogP contribution >= 0.6 is 15.9 Å². The van der Waals surface area contributed by atoms with Crippen LogP contribution in [0.1, 0.15) is 10.4 Å². The minimum absolute atomic E-state index is 0.277. The molecule has 4 rings (SSSR count). The van der Waals surface area contributed by atoms with Gasteiger partial charge in [-0.1, -0.05) is 40.2 Å². The van der Waals surface area contributed by atoms with Crippen molar-refractivity contribution in [2.75, 3.05) is 33.3 Å². The lowest BCUT2D eigenvalue weighted by atomic mass is 10.0. The lowest BCUT2D eigenvalue weighted by Gasteiger charge is -2.15. The molecule has 0 bridgehead atoms. The van der Waals surface area contributed by atoms with Crippen LogP contribution in [0, 0.1) is 0 Å².